The normalized spacial score (nSPS) is 11.6. The van der Waals surface area contributed by atoms with E-state index in [0.717, 1.165) is 5.56 Å². The largest absolute Gasteiger partial charge is 0.508 e. The monoisotopic (exact) mass is 489 g/mol. The molecule has 36 heavy (non-hydrogen) atoms. The van der Waals surface area contributed by atoms with Crippen LogP contribution >= 0.6 is 0 Å². The number of phenols is 1. The smallest absolute Gasteiger partial charge is 0.336 e. The number of aromatic hydroxyl groups is 1. The molecule has 0 radical (unpaired) electrons. The predicted octanol–water partition coefficient (Wildman–Crippen LogP) is 3.37. The molecular weight excluding hydrogens is 466 g/mol. The number of carbonyl (C=O) groups is 2. The SMILES string of the molecule is COc1ccc(-c2cc(=O)oc3cc(OCC(=O)NC(Cc4ccc(O)cc4)C(=O)O)ccc23)cc1. The van der Waals surface area contributed by atoms with E-state index in [1.165, 1.54) is 24.3 Å². The molecule has 4 aromatic rings. The van der Waals surface area contributed by atoms with Crippen LogP contribution in [0, 0.1) is 0 Å². The second kappa shape index (κ2) is 10.6. The van der Waals surface area contributed by atoms with Crippen LogP contribution in [0.15, 0.2) is 82.0 Å². The molecule has 1 unspecified atom stereocenters. The van der Waals surface area contributed by atoms with Crippen LogP contribution < -0.4 is 20.4 Å². The van der Waals surface area contributed by atoms with Gasteiger partial charge in [0.2, 0.25) is 0 Å². The summed E-state index contributed by atoms with van der Waals surface area (Å²) in [6.45, 7) is -0.437. The van der Waals surface area contributed by atoms with Crippen molar-refractivity contribution in [2.24, 2.45) is 0 Å². The number of phenolic OH excluding ortho intramolecular Hbond substituents is 1. The van der Waals surface area contributed by atoms with Crippen LogP contribution in [0.1, 0.15) is 5.56 Å². The lowest BCUT2D eigenvalue weighted by molar-refractivity contribution is -0.142. The van der Waals surface area contributed by atoms with Gasteiger partial charge in [0.05, 0.1) is 7.11 Å². The van der Waals surface area contributed by atoms with Crippen molar-refractivity contribution in [3.05, 3.63) is 88.8 Å². The lowest BCUT2D eigenvalue weighted by Crippen LogP contribution is -2.44. The lowest BCUT2D eigenvalue weighted by atomic mass is 10.0. The van der Waals surface area contributed by atoms with Gasteiger partial charge in [-0.05, 0) is 53.1 Å². The van der Waals surface area contributed by atoms with Crippen molar-refractivity contribution < 1.29 is 33.7 Å². The number of rotatable bonds is 9. The molecular formula is C27H23NO8. The van der Waals surface area contributed by atoms with E-state index in [9.17, 15) is 24.6 Å². The summed E-state index contributed by atoms with van der Waals surface area (Å²) < 4.78 is 16.0. The average molecular weight is 489 g/mol. The van der Waals surface area contributed by atoms with Gasteiger partial charge in [0.15, 0.2) is 6.61 Å². The van der Waals surface area contributed by atoms with E-state index < -0.39 is 30.2 Å². The molecule has 0 aliphatic heterocycles. The Hall–Kier alpha value is -4.79. The second-order valence-electron chi connectivity index (χ2n) is 7.98. The third-order valence-corrected chi connectivity index (χ3v) is 5.50. The van der Waals surface area contributed by atoms with Crippen LogP contribution in [-0.4, -0.2) is 41.8 Å². The number of carboxylic acids is 1. The summed E-state index contributed by atoms with van der Waals surface area (Å²) in [6.07, 6.45) is 0.0383. The third-order valence-electron chi connectivity index (χ3n) is 5.50. The molecule has 1 heterocycles. The van der Waals surface area contributed by atoms with Gasteiger partial charge < -0.3 is 29.4 Å². The topological polar surface area (TPSA) is 135 Å². The van der Waals surface area contributed by atoms with Gasteiger partial charge in [-0.25, -0.2) is 9.59 Å². The minimum atomic E-state index is -1.20. The summed E-state index contributed by atoms with van der Waals surface area (Å²) >= 11 is 0. The molecule has 0 spiro atoms. The van der Waals surface area contributed by atoms with E-state index in [1.807, 2.05) is 12.1 Å². The van der Waals surface area contributed by atoms with Gasteiger partial charge in [-0.2, -0.15) is 0 Å². The molecule has 1 atom stereocenters. The van der Waals surface area contributed by atoms with Gasteiger partial charge in [-0.1, -0.05) is 24.3 Å². The number of nitrogens with one attached hydrogen (secondary N) is 1. The molecule has 1 aromatic heterocycles. The maximum atomic E-state index is 12.4. The molecule has 3 aromatic carbocycles. The Balaban J connectivity index is 1.46. The first-order valence-electron chi connectivity index (χ1n) is 11.0. The highest BCUT2D eigenvalue weighted by Crippen LogP contribution is 2.30. The third kappa shape index (κ3) is 5.82. The average Bonchev–Trinajstić information content (AvgIpc) is 2.87. The summed E-state index contributed by atoms with van der Waals surface area (Å²) in [5.41, 5.74) is 1.85. The molecule has 0 bridgehead atoms. The summed E-state index contributed by atoms with van der Waals surface area (Å²) in [7, 11) is 1.57. The summed E-state index contributed by atoms with van der Waals surface area (Å²) in [5, 5.41) is 21.9. The Bertz CT molecular complexity index is 1440. The van der Waals surface area contributed by atoms with Crippen molar-refractivity contribution in [1.29, 1.82) is 0 Å². The number of fused-ring (bicyclic) bond motifs is 1. The maximum absolute atomic E-state index is 12.4. The predicted molar refractivity (Wildman–Crippen MR) is 131 cm³/mol. The van der Waals surface area contributed by atoms with Gasteiger partial charge in [-0.3, -0.25) is 4.79 Å². The second-order valence-corrected chi connectivity index (χ2v) is 7.98. The lowest BCUT2D eigenvalue weighted by Gasteiger charge is -2.15. The molecule has 9 nitrogen and oxygen atoms in total. The molecule has 0 aliphatic rings. The number of carboxylic acid groups (broad SMARTS) is 1. The standard InChI is InChI=1S/C27H23NO8/c1-34-19-8-4-17(5-9-19)22-14-26(31)36-24-13-20(10-11-21(22)24)35-15-25(30)28-23(27(32)33)12-16-2-6-18(29)7-3-16/h2-11,13-14,23,29H,12,15H2,1H3,(H,28,30)(H,32,33). The number of aliphatic carboxylic acids is 1. The van der Waals surface area contributed by atoms with E-state index in [0.29, 0.717) is 22.3 Å². The van der Waals surface area contributed by atoms with Crippen molar-refractivity contribution in [2.45, 2.75) is 12.5 Å². The van der Waals surface area contributed by atoms with Gasteiger partial charge in [0, 0.05) is 23.9 Å². The fourth-order valence-electron chi connectivity index (χ4n) is 3.69. The molecule has 0 saturated heterocycles. The number of methoxy groups -OCH3 is 1. The zero-order valence-corrected chi connectivity index (χ0v) is 19.3. The van der Waals surface area contributed by atoms with Gasteiger partial charge in [0.1, 0.15) is 28.9 Å². The van der Waals surface area contributed by atoms with Crippen LogP contribution in [0.3, 0.4) is 0 Å². The first-order chi connectivity index (χ1) is 17.3. The van der Waals surface area contributed by atoms with E-state index in [2.05, 4.69) is 5.32 Å². The van der Waals surface area contributed by atoms with Crippen LogP contribution in [0.25, 0.3) is 22.1 Å². The number of carbonyl (C=O) groups excluding carboxylic acids is 1. The Morgan fingerprint density at radius 2 is 1.67 bits per heavy atom. The minimum Gasteiger partial charge on any atom is -0.508 e. The fourth-order valence-corrected chi connectivity index (χ4v) is 3.69. The molecule has 0 aliphatic carbocycles. The summed E-state index contributed by atoms with van der Waals surface area (Å²) in [5.74, 6) is -0.804. The number of hydrogen-bond acceptors (Lipinski definition) is 7. The van der Waals surface area contributed by atoms with E-state index in [-0.39, 0.29) is 23.5 Å². The van der Waals surface area contributed by atoms with Crippen molar-refractivity contribution >= 4 is 22.8 Å². The number of amides is 1. The Morgan fingerprint density at radius 3 is 2.33 bits per heavy atom. The highest BCUT2D eigenvalue weighted by Gasteiger charge is 2.21. The van der Waals surface area contributed by atoms with E-state index >= 15 is 0 Å². The molecule has 3 N–H and O–H groups in total. The van der Waals surface area contributed by atoms with Gasteiger partial charge in [0.25, 0.3) is 5.91 Å². The van der Waals surface area contributed by atoms with Crippen molar-refractivity contribution in [3.8, 4) is 28.4 Å². The van der Waals surface area contributed by atoms with Crippen LogP contribution in [0.5, 0.6) is 17.2 Å². The van der Waals surface area contributed by atoms with Gasteiger partial charge >= 0.3 is 11.6 Å². The summed E-state index contributed by atoms with van der Waals surface area (Å²) in [4.78, 5) is 36.1. The maximum Gasteiger partial charge on any atom is 0.336 e. The van der Waals surface area contributed by atoms with Crippen LogP contribution in [-0.2, 0) is 16.0 Å². The van der Waals surface area contributed by atoms with Crippen molar-refractivity contribution in [2.75, 3.05) is 13.7 Å². The first kappa shape index (κ1) is 24.3. The van der Waals surface area contributed by atoms with Gasteiger partial charge in [-0.15, -0.1) is 0 Å². The molecule has 0 fully saturated rings. The quantitative estimate of drug-likeness (QED) is 0.305. The number of ether oxygens (including phenoxy) is 2. The van der Waals surface area contributed by atoms with Crippen molar-refractivity contribution in [3.63, 3.8) is 0 Å². The fraction of sp³-hybridized carbons (Fsp3) is 0.148. The molecule has 184 valence electrons. The van der Waals surface area contributed by atoms with Crippen molar-refractivity contribution in [1.82, 2.24) is 5.32 Å². The van der Waals surface area contributed by atoms with Crippen LogP contribution in [0.4, 0.5) is 0 Å². The Labute approximate surface area is 205 Å². The van der Waals surface area contributed by atoms with Crippen LogP contribution in [0.2, 0.25) is 0 Å². The molecule has 4 rings (SSSR count). The van der Waals surface area contributed by atoms with E-state index in [1.54, 1.807) is 43.5 Å². The molecule has 0 saturated carbocycles. The Kier molecular flexibility index (Phi) is 7.20. The highest BCUT2D eigenvalue weighted by molar-refractivity contribution is 5.94. The molecule has 1 amide bonds. The molecule has 9 heteroatoms. The number of benzene rings is 3. The summed E-state index contributed by atoms with van der Waals surface area (Å²) in [6, 6.07) is 18.4. The van der Waals surface area contributed by atoms with E-state index in [4.69, 9.17) is 13.9 Å². The zero-order chi connectivity index (χ0) is 25.7. The zero-order valence-electron chi connectivity index (χ0n) is 19.3. The Morgan fingerprint density at radius 1 is 0.972 bits per heavy atom. The highest BCUT2D eigenvalue weighted by atomic mass is 16.5. The number of hydrogen-bond donors (Lipinski definition) is 3. The minimum absolute atomic E-state index is 0.0383. The first-order valence-corrected chi connectivity index (χ1v) is 11.0.